The molecule has 1 amide bonds. The lowest BCUT2D eigenvalue weighted by atomic mass is 9.94. The van der Waals surface area contributed by atoms with Crippen molar-refractivity contribution in [3.05, 3.63) is 83.3 Å². The molecule has 1 saturated heterocycles. The zero-order valence-electron chi connectivity index (χ0n) is 19.1. The van der Waals surface area contributed by atoms with Gasteiger partial charge in [-0.05, 0) is 61.5 Å². The molecule has 8 heteroatoms. The van der Waals surface area contributed by atoms with E-state index >= 15 is 0 Å². The molecule has 0 aliphatic carbocycles. The van der Waals surface area contributed by atoms with Crippen LogP contribution < -0.4 is 14.2 Å². The van der Waals surface area contributed by atoms with Gasteiger partial charge < -0.3 is 28.6 Å². The number of hydrogen-bond donors (Lipinski definition) is 1. The van der Waals surface area contributed by atoms with Gasteiger partial charge >= 0.3 is 0 Å². The summed E-state index contributed by atoms with van der Waals surface area (Å²) >= 11 is 0. The number of rotatable bonds is 8. The molecule has 1 aromatic heterocycles. The normalized spacial score (nSPS) is 17.1. The van der Waals surface area contributed by atoms with Crippen LogP contribution in [0.15, 0.2) is 70.9 Å². The van der Waals surface area contributed by atoms with Crippen LogP contribution in [0.4, 0.5) is 0 Å². The van der Waals surface area contributed by atoms with Crippen LogP contribution in [0.5, 0.6) is 17.2 Å². The highest BCUT2D eigenvalue weighted by molar-refractivity contribution is 6.46. The molecule has 0 bridgehead atoms. The van der Waals surface area contributed by atoms with E-state index in [1.165, 1.54) is 25.4 Å². The topological polar surface area (TPSA) is 98.4 Å². The van der Waals surface area contributed by atoms with Crippen molar-refractivity contribution in [1.82, 2.24) is 4.90 Å². The molecule has 8 nitrogen and oxygen atoms in total. The van der Waals surface area contributed by atoms with Gasteiger partial charge in [-0.3, -0.25) is 9.59 Å². The van der Waals surface area contributed by atoms with Crippen molar-refractivity contribution in [2.75, 3.05) is 20.8 Å². The summed E-state index contributed by atoms with van der Waals surface area (Å²) in [4.78, 5) is 27.7. The Morgan fingerprint density at radius 2 is 1.76 bits per heavy atom. The van der Waals surface area contributed by atoms with Crippen LogP contribution in [0.25, 0.3) is 5.76 Å². The SMILES string of the molecule is CCOc1ccc(/C(O)=C2\C(=O)C(=O)N(Cc3ccco3)C2c2cc(OC)ccc2OC)cc1. The van der Waals surface area contributed by atoms with Gasteiger partial charge in [0, 0.05) is 11.1 Å². The second-order valence-corrected chi connectivity index (χ2v) is 7.57. The predicted molar refractivity (Wildman–Crippen MR) is 124 cm³/mol. The molecule has 34 heavy (non-hydrogen) atoms. The molecular weight excluding hydrogens is 438 g/mol. The summed E-state index contributed by atoms with van der Waals surface area (Å²) in [6.45, 7) is 2.40. The molecule has 1 aliphatic heterocycles. The van der Waals surface area contributed by atoms with E-state index in [2.05, 4.69) is 0 Å². The summed E-state index contributed by atoms with van der Waals surface area (Å²) in [6.07, 6.45) is 1.49. The molecule has 0 saturated carbocycles. The summed E-state index contributed by atoms with van der Waals surface area (Å²) in [5, 5.41) is 11.2. The fourth-order valence-electron chi connectivity index (χ4n) is 4.02. The molecule has 1 fully saturated rings. The molecule has 176 valence electrons. The number of carbonyl (C=O) groups is 2. The van der Waals surface area contributed by atoms with Crippen LogP contribution in [0.3, 0.4) is 0 Å². The molecule has 2 aromatic carbocycles. The fraction of sp³-hybridized carbons (Fsp3) is 0.231. The Kier molecular flexibility index (Phi) is 6.58. The molecule has 3 aromatic rings. The van der Waals surface area contributed by atoms with Crippen molar-refractivity contribution < 1.29 is 33.3 Å². The molecule has 1 unspecified atom stereocenters. The maximum Gasteiger partial charge on any atom is 0.296 e. The van der Waals surface area contributed by atoms with E-state index in [1.807, 2.05) is 6.92 Å². The Morgan fingerprint density at radius 1 is 1.03 bits per heavy atom. The lowest BCUT2D eigenvalue weighted by molar-refractivity contribution is -0.140. The Hall–Kier alpha value is -4.20. The number of Topliss-reactive ketones (excluding diaryl/α,β-unsaturated/α-hetero) is 1. The molecular formula is C26H25NO7. The number of likely N-dealkylation sites (tertiary alicyclic amines) is 1. The van der Waals surface area contributed by atoms with Crippen molar-refractivity contribution in [2.24, 2.45) is 0 Å². The molecule has 2 heterocycles. The molecule has 0 radical (unpaired) electrons. The summed E-state index contributed by atoms with van der Waals surface area (Å²) < 4.78 is 21.8. The number of hydrogen-bond acceptors (Lipinski definition) is 7. The lowest BCUT2D eigenvalue weighted by Crippen LogP contribution is -2.29. The first-order valence-corrected chi connectivity index (χ1v) is 10.7. The summed E-state index contributed by atoms with van der Waals surface area (Å²) in [6, 6.07) is 14.2. The first-order chi connectivity index (χ1) is 16.5. The third-order valence-corrected chi connectivity index (χ3v) is 5.62. The van der Waals surface area contributed by atoms with Crippen LogP contribution in [0, 0.1) is 0 Å². The molecule has 1 N–H and O–H groups in total. The van der Waals surface area contributed by atoms with Crippen LogP contribution in [0.2, 0.25) is 0 Å². The Morgan fingerprint density at radius 3 is 2.38 bits per heavy atom. The van der Waals surface area contributed by atoms with Gasteiger partial charge in [0.2, 0.25) is 0 Å². The average Bonchev–Trinajstić information content (AvgIpc) is 3.46. The van der Waals surface area contributed by atoms with Crippen molar-refractivity contribution >= 4 is 17.4 Å². The number of nitrogens with zero attached hydrogens (tertiary/aromatic N) is 1. The first kappa shape index (κ1) is 23.0. The second kappa shape index (κ2) is 9.74. The number of amides is 1. The smallest absolute Gasteiger partial charge is 0.296 e. The summed E-state index contributed by atoms with van der Waals surface area (Å²) in [7, 11) is 3.02. The minimum absolute atomic E-state index is 0.0304. The zero-order valence-corrected chi connectivity index (χ0v) is 19.1. The van der Waals surface area contributed by atoms with Gasteiger partial charge in [0.25, 0.3) is 11.7 Å². The highest BCUT2D eigenvalue weighted by Gasteiger charge is 2.47. The van der Waals surface area contributed by atoms with E-state index in [4.69, 9.17) is 18.6 Å². The van der Waals surface area contributed by atoms with E-state index in [-0.39, 0.29) is 17.9 Å². The van der Waals surface area contributed by atoms with Gasteiger partial charge in [0.05, 0.1) is 45.2 Å². The average molecular weight is 463 g/mol. The number of benzene rings is 2. The third kappa shape index (κ3) is 4.22. The van der Waals surface area contributed by atoms with E-state index in [0.29, 0.717) is 40.7 Å². The number of ketones is 1. The van der Waals surface area contributed by atoms with Crippen molar-refractivity contribution in [1.29, 1.82) is 0 Å². The molecule has 1 atom stereocenters. The van der Waals surface area contributed by atoms with Gasteiger partial charge in [0.15, 0.2) is 0 Å². The Bertz CT molecular complexity index is 1210. The monoisotopic (exact) mass is 463 g/mol. The maximum absolute atomic E-state index is 13.2. The number of aliphatic hydroxyl groups excluding tert-OH is 1. The highest BCUT2D eigenvalue weighted by Crippen LogP contribution is 2.44. The molecule has 1 aliphatic rings. The molecule has 0 spiro atoms. The standard InChI is InChI=1S/C26H25NO7/c1-4-33-17-9-7-16(8-10-17)24(28)22-23(20-14-18(31-2)11-12-21(20)32-3)27(26(30)25(22)29)15-19-6-5-13-34-19/h5-14,23,28H,4,15H2,1-3H3/b24-22+. The largest absolute Gasteiger partial charge is 0.507 e. The van der Waals surface area contributed by atoms with E-state index in [0.717, 1.165) is 0 Å². The number of methoxy groups -OCH3 is 2. The lowest BCUT2D eigenvalue weighted by Gasteiger charge is -2.26. The second-order valence-electron chi connectivity index (χ2n) is 7.57. The number of carbonyl (C=O) groups excluding carboxylic acids is 2. The van der Waals surface area contributed by atoms with Crippen molar-refractivity contribution in [3.8, 4) is 17.2 Å². The van der Waals surface area contributed by atoms with E-state index < -0.39 is 17.7 Å². The first-order valence-electron chi connectivity index (χ1n) is 10.7. The predicted octanol–water partition coefficient (Wildman–Crippen LogP) is 4.32. The zero-order chi connectivity index (χ0) is 24.2. The van der Waals surface area contributed by atoms with Crippen LogP contribution in [0.1, 0.15) is 29.9 Å². The van der Waals surface area contributed by atoms with Gasteiger partial charge in [-0.2, -0.15) is 0 Å². The van der Waals surface area contributed by atoms with Crippen LogP contribution in [-0.4, -0.2) is 42.5 Å². The van der Waals surface area contributed by atoms with Crippen molar-refractivity contribution in [2.45, 2.75) is 19.5 Å². The summed E-state index contributed by atoms with van der Waals surface area (Å²) in [5.41, 5.74) is 0.832. The van der Waals surface area contributed by atoms with Gasteiger partial charge in [-0.25, -0.2) is 0 Å². The van der Waals surface area contributed by atoms with E-state index in [9.17, 15) is 14.7 Å². The minimum atomic E-state index is -0.929. The number of ether oxygens (including phenoxy) is 3. The van der Waals surface area contributed by atoms with Gasteiger partial charge in [-0.1, -0.05) is 0 Å². The highest BCUT2D eigenvalue weighted by atomic mass is 16.5. The van der Waals surface area contributed by atoms with Gasteiger partial charge in [-0.15, -0.1) is 0 Å². The molecule has 4 rings (SSSR count). The Balaban J connectivity index is 1.89. The quantitative estimate of drug-likeness (QED) is 0.302. The van der Waals surface area contributed by atoms with E-state index in [1.54, 1.807) is 54.6 Å². The maximum atomic E-state index is 13.2. The Labute approximate surface area is 197 Å². The van der Waals surface area contributed by atoms with Gasteiger partial charge in [0.1, 0.15) is 28.8 Å². The minimum Gasteiger partial charge on any atom is -0.507 e. The van der Waals surface area contributed by atoms with Crippen LogP contribution in [-0.2, 0) is 16.1 Å². The van der Waals surface area contributed by atoms with Crippen LogP contribution >= 0.6 is 0 Å². The summed E-state index contributed by atoms with van der Waals surface area (Å²) in [5.74, 6) is 0.234. The number of aliphatic hydroxyl groups is 1. The third-order valence-electron chi connectivity index (χ3n) is 5.62. The van der Waals surface area contributed by atoms with Crippen molar-refractivity contribution in [3.63, 3.8) is 0 Å². The fourth-order valence-corrected chi connectivity index (χ4v) is 4.02. The number of furan rings is 1.